The molecule has 0 bridgehead atoms. The zero-order valence-corrected chi connectivity index (χ0v) is 41.3. The first-order valence-corrected chi connectivity index (χ1v) is 18.7. The smallest absolute Gasteiger partial charge is 0.548 e. The van der Waals surface area contributed by atoms with Gasteiger partial charge in [-0.25, -0.2) is 0 Å². The largest absolute Gasteiger partial charge is 3.00 e. The van der Waals surface area contributed by atoms with Crippen LogP contribution in [0.25, 0.3) is 0 Å². The molecule has 0 aromatic carbocycles. The molecule has 0 saturated heterocycles. The fourth-order valence-electron chi connectivity index (χ4n) is 3.44. The molecule has 0 fully saturated rings. The van der Waals surface area contributed by atoms with E-state index in [1.165, 1.54) is 0 Å². The molecule has 0 rings (SSSR count). The molecule has 0 aromatic heterocycles. The second-order valence-corrected chi connectivity index (χ2v) is 12.7. The van der Waals surface area contributed by atoms with Gasteiger partial charge in [0.2, 0.25) is 35.4 Å². The summed E-state index contributed by atoms with van der Waals surface area (Å²) in [6.45, 7) is -2.06. The van der Waals surface area contributed by atoms with Gasteiger partial charge in [-0.3, -0.25) is 28.8 Å². The molecule has 62 heavy (non-hydrogen) atoms. The van der Waals surface area contributed by atoms with Crippen LogP contribution in [0.5, 0.6) is 0 Å². The number of rotatable bonds is 27. The predicted octanol–water partition coefficient (Wildman–Crippen LogP) is -14.6. The molecule has 2 radical (unpaired) electrons. The summed E-state index contributed by atoms with van der Waals surface area (Å²) in [6.07, 6.45) is -1.08. The van der Waals surface area contributed by atoms with E-state index in [4.69, 9.17) is 17.2 Å². The molecule has 344 valence electrons. The number of carboxylic acid groups (broad SMARTS) is 6. The first-order chi connectivity index (χ1) is 27.8. The van der Waals surface area contributed by atoms with Gasteiger partial charge in [0.05, 0.1) is 55.5 Å². The number of carbonyl (C=O) groups excluding carboxylic acids is 12. The molecule has 6 unspecified atom stereocenters. The molecule has 27 nitrogen and oxygen atoms in total. The van der Waals surface area contributed by atoms with E-state index >= 15 is 0 Å². The summed E-state index contributed by atoms with van der Waals surface area (Å²) in [7, 11) is 0. The van der Waals surface area contributed by atoms with Gasteiger partial charge in [-0.15, -0.1) is 0 Å². The van der Waals surface area contributed by atoms with E-state index in [1.54, 1.807) is 0 Å². The number of hydrogen-bond acceptors (Lipinski definition) is 24. The van der Waals surface area contributed by atoms with Gasteiger partial charge in [-0.2, -0.15) is 37.9 Å². The van der Waals surface area contributed by atoms with E-state index in [0.29, 0.717) is 0 Å². The van der Waals surface area contributed by atoms with Gasteiger partial charge in [-0.1, -0.05) is 0 Å². The Hall–Kier alpha value is -2.68. The van der Waals surface area contributed by atoms with Crippen molar-refractivity contribution >= 4 is 109 Å². The summed E-state index contributed by atoms with van der Waals surface area (Å²) in [6, 6.07) is -6.94. The van der Waals surface area contributed by atoms with Crippen molar-refractivity contribution < 1.29 is 172 Å². The number of thiol groups is 3. The van der Waals surface area contributed by atoms with Crippen LogP contribution in [0, 0.1) is 83.5 Å². The molecule has 12 N–H and O–H groups in total. The number of aliphatic carboxylic acids is 6. The molecule has 0 aromatic rings. The summed E-state index contributed by atoms with van der Waals surface area (Å²) in [4.78, 5) is 130. The van der Waals surface area contributed by atoms with Crippen molar-refractivity contribution in [2.24, 2.45) is 17.2 Å². The molecule has 6 amide bonds. The first-order valence-electron chi connectivity index (χ1n) is 16.9. The Morgan fingerprint density at radius 2 is 0.597 bits per heavy atom. The zero-order valence-electron chi connectivity index (χ0n) is 32.4. The van der Waals surface area contributed by atoms with Crippen molar-refractivity contribution in [1.82, 2.24) is 31.9 Å². The standard InChI is InChI=1S/3C10H17N3O6S.2Ce/c3*11-5(10(18)19)1-2-7(14)13-6(4-20)9(17)12-3-8(15)16;;/h3*5-6,20H,1-4,11H2,(H,12,17)(H,13,14)(H,15,16)(H,18,19);;/q;;;2*+3/p-6. The molecule has 0 aliphatic heterocycles. The van der Waals surface area contributed by atoms with Gasteiger partial charge in [-0.05, 0) is 19.3 Å². The van der Waals surface area contributed by atoms with Gasteiger partial charge < -0.3 is 109 Å². The molecule has 0 aliphatic carbocycles. The molecular formula is C30H45Ce2N9O18S3. The Labute approximate surface area is 437 Å². The Morgan fingerprint density at radius 3 is 0.742 bits per heavy atom. The molecule has 32 heteroatoms. The van der Waals surface area contributed by atoms with Crippen LogP contribution in [0.2, 0.25) is 0 Å². The summed E-state index contributed by atoms with van der Waals surface area (Å²) >= 11 is 11.5. The molecule has 0 aliphatic rings. The van der Waals surface area contributed by atoms with Crippen molar-refractivity contribution in [3.05, 3.63) is 0 Å². The molecule has 0 saturated carbocycles. The quantitative estimate of drug-likeness (QED) is 0.0340. The first kappa shape index (κ1) is 68.4. The number of nitrogens with two attached hydrogens (primary N) is 3. The summed E-state index contributed by atoms with van der Waals surface area (Å²) < 4.78 is 0. The van der Waals surface area contributed by atoms with Crippen LogP contribution in [0.3, 0.4) is 0 Å². The number of carboxylic acids is 6. The normalized spacial score (nSPS) is 12.7. The topological polar surface area (TPSA) is 493 Å². The minimum absolute atomic E-state index is 0. The zero-order chi connectivity index (χ0) is 47.1. The Bertz CT molecular complexity index is 1350. The Kier molecular flexibility index (Phi) is 44.0. The fraction of sp³-hybridized carbons (Fsp3) is 0.600. The van der Waals surface area contributed by atoms with Crippen molar-refractivity contribution in [3.63, 3.8) is 0 Å². The van der Waals surface area contributed by atoms with E-state index in [9.17, 15) is 88.2 Å². The van der Waals surface area contributed by atoms with E-state index in [2.05, 4.69) is 53.8 Å². The van der Waals surface area contributed by atoms with Gasteiger partial charge >= 0.3 is 83.5 Å². The van der Waals surface area contributed by atoms with E-state index in [1.807, 2.05) is 16.0 Å². The minimum atomic E-state index is -1.48. The maximum Gasteiger partial charge on any atom is 3.00 e. The van der Waals surface area contributed by atoms with E-state index < -0.39 is 127 Å². The predicted molar refractivity (Wildman–Crippen MR) is 198 cm³/mol. The van der Waals surface area contributed by atoms with E-state index in [0.717, 1.165) is 0 Å². The SMILES string of the molecule is NC(CCC(=O)NC(CS)C(=O)NCC(=O)[O-])C(=O)[O-].NC(CCC(=O)NC(CS)C(=O)NCC(=O)[O-])C(=O)[O-].NC(CCC(=O)NC(CS)C(=O)NCC(=O)[O-])C(=O)[O-].[Ce+3].[Ce+3]. The Balaban J connectivity index is -0.000000258. The third kappa shape index (κ3) is 37.8. The number of amides is 6. The molecule has 0 spiro atoms. The van der Waals surface area contributed by atoms with Gasteiger partial charge in [0.15, 0.2) is 0 Å². The number of nitrogens with one attached hydrogen (secondary N) is 6. The van der Waals surface area contributed by atoms with Crippen LogP contribution in [-0.4, -0.2) is 144 Å². The minimum Gasteiger partial charge on any atom is -0.548 e. The third-order valence-corrected chi connectivity index (χ3v) is 7.77. The van der Waals surface area contributed by atoms with Crippen molar-refractivity contribution in [1.29, 1.82) is 0 Å². The van der Waals surface area contributed by atoms with Crippen LogP contribution in [-0.2, 0) is 57.5 Å². The second-order valence-electron chi connectivity index (χ2n) is 11.6. The second kappa shape index (κ2) is 39.9. The van der Waals surface area contributed by atoms with Crippen LogP contribution < -0.4 is 79.7 Å². The van der Waals surface area contributed by atoms with Crippen LogP contribution in [0.15, 0.2) is 0 Å². The summed E-state index contributed by atoms with van der Waals surface area (Å²) in [5.41, 5.74) is 15.5. The van der Waals surface area contributed by atoms with Crippen LogP contribution >= 0.6 is 37.9 Å². The van der Waals surface area contributed by atoms with Crippen molar-refractivity contribution in [3.8, 4) is 0 Å². The van der Waals surface area contributed by atoms with Crippen molar-refractivity contribution in [2.45, 2.75) is 74.8 Å². The van der Waals surface area contributed by atoms with Gasteiger partial charge in [0.1, 0.15) is 18.1 Å². The van der Waals surface area contributed by atoms with Crippen LogP contribution in [0.4, 0.5) is 0 Å². The Morgan fingerprint density at radius 1 is 0.403 bits per heavy atom. The average Bonchev–Trinajstić information content (AvgIpc) is 3.18. The summed E-state index contributed by atoms with van der Waals surface area (Å²) in [5.74, 6) is -13.0. The van der Waals surface area contributed by atoms with Gasteiger partial charge in [0, 0.05) is 54.6 Å². The molecular weight excluding hydrogens is 1150 g/mol. The average molecular weight is 1200 g/mol. The monoisotopic (exact) mass is 1200 g/mol. The fourth-order valence-corrected chi connectivity index (χ4v) is 4.21. The molecule has 6 atom stereocenters. The maximum absolute atomic E-state index is 11.5. The van der Waals surface area contributed by atoms with E-state index in [-0.39, 0.29) is 139 Å². The third-order valence-electron chi connectivity index (χ3n) is 6.68. The molecule has 0 heterocycles. The number of hydrogen-bond donors (Lipinski definition) is 12. The number of carbonyl (C=O) groups is 12. The maximum atomic E-state index is 11.5. The van der Waals surface area contributed by atoms with Crippen LogP contribution in [0.1, 0.15) is 38.5 Å². The van der Waals surface area contributed by atoms with Crippen molar-refractivity contribution in [2.75, 3.05) is 36.9 Å². The summed E-state index contributed by atoms with van der Waals surface area (Å²) in [5, 5.41) is 74.4. The van der Waals surface area contributed by atoms with Gasteiger partial charge in [0.25, 0.3) is 0 Å².